The molecule has 0 bridgehead atoms. The Labute approximate surface area is 114 Å². The van der Waals surface area contributed by atoms with Crippen LogP contribution >= 0.6 is 0 Å². The number of para-hydroxylation sites is 1. The molecular weight excluding hydrogens is 262 g/mol. The Morgan fingerprint density at radius 3 is 2.58 bits per heavy atom. The van der Waals surface area contributed by atoms with Crippen molar-refractivity contribution in [1.29, 1.82) is 5.26 Å². The average molecular weight is 279 g/mol. The number of nitriles is 1. The van der Waals surface area contributed by atoms with E-state index in [9.17, 15) is 8.42 Å². The van der Waals surface area contributed by atoms with E-state index in [0.29, 0.717) is 0 Å². The van der Waals surface area contributed by atoms with Gasteiger partial charge in [-0.15, -0.1) is 0 Å². The summed E-state index contributed by atoms with van der Waals surface area (Å²) in [6.07, 6.45) is 5.27. The zero-order valence-electron chi connectivity index (χ0n) is 10.7. The Morgan fingerprint density at radius 2 is 1.89 bits per heavy atom. The third-order valence-corrected chi connectivity index (χ3v) is 4.70. The summed E-state index contributed by atoms with van der Waals surface area (Å²) in [6.45, 7) is 0. The van der Waals surface area contributed by atoms with Crippen LogP contribution in [-0.4, -0.2) is 14.2 Å². The molecule has 0 saturated heterocycles. The van der Waals surface area contributed by atoms with Crippen LogP contribution in [0.5, 0.6) is 5.75 Å². The van der Waals surface area contributed by atoms with E-state index in [2.05, 4.69) is 0 Å². The molecule has 5 heteroatoms. The molecule has 1 aromatic carbocycles. The third kappa shape index (κ3) is 3.97. The smallest absolute Gasteiger partial charge is 0.309 e. The molecule has 4 nitrogen and oxygen atoms in total. The molecule has 0 aromatic heterocycles. The van der Waals surface area contributed by atoms with E-state index in [1.807, 2.05) is 6.07 Å². The Kier molecular flexibility index (Phi) is 4.43. The zero-order chi connectivity index (χ0) is 13.7. The molecule has 1 aliphatic rings. The van der Waals surface area contributed by atoms with Crippen molar-refractivity contribution in [3.8, 4) is 11.8 Å². The second-order valence-corrected chi connectivity index (χ2v) is 6.54. The topological polar surface area (TPSA) is 67.2 Å². The number of rotatable bonds is 4. The van der Waals surface area contributed by atoms with Crippen LogP contribution in [0.3, 0.4) is 0 Å². The highest BCUT2D eigenvalue weighted by atomic mass is 32.2. The van der Waals surface area contributed by atoms with Gasteiger partial charge in [-0.1, -0.05) is 31.4 Å². The second kappa shape index (κ2) is 6.07. The Hall–Kier alpha value is -1.54. The molecule has 2 rings (SSSR count). The number of hydrogen-bond acceptors (Lipinski definition) is 4. The highest BCUT2D eigenvalue weighted by molar-refractivity contribution is 7.87. The maximum atomic E-state index is 12.0. The molecule has 0 unspecified atom stereocenters. The van der Waals surface area contributed by atoms with Gasteiger partial charge in [-0.3, -0.25) is 0 Å². The minimum absolute atomic E-state index is 0.0484. The summed E-state index contributed by atoms with van der Waals surface area (Å²) in [7, 11) is -3.62. The molecule has 1 fully saturated rings. The summed E-state index contributed by atoms with van der Waals surface area (Å²) in [5.74, 6) is 0.362. The molecule has 0 spiro atoms. The third-order valence-electron chi connectivity index (χ3n) is 3.39. The highest BCUT2D eigenvalue weighted by Crippen LogP contribution is 2.26. The highest BCUT2D eigenvalue weighted by Gasteiger charge is 2.23. The Morgan fingerprint density at radius 1 is 1.21 bits per heavy atom. The number of benzene rings is 1. The maximum Gasteiger partial charge on any atom is 0.309 e. The van der Waals surface area contributed by atoms with E-state index in [1.54, 1.807) is 18.2 Å². The number of nitrogens with zero attached hydrogens (tertiary/aromatic N) is 1. The zero-order valence-corrected chi connectivity index (χ0v) is 11.5. The summed E-state index contributed by atoms with van der Waals surface area (Å²) >= 11 is 0. The van der Waals surface area contributed by atoms with Crippen molar-refractivity contribution < 1.29 is 12.6 Å². The van der Waals surface area contributed by atoms with Gasteiger partial charge in [0.05, 0.1) is 11.3 Å². The standard InChI is InChI=1S/C14H17NO3S/c15-10-13-8-4-5-9-14(13)18-19(16,17)11-12-6-2-1-3-7-12/h4-5,8-9,12H,1-3,6-7,11H2. The molecule has 19 heavy (non-hydrogen) atoms. The molecule has 0 aliphatic heterocycles. The van der Waals surface area contributed by atoms with Crippen LogP contribution in [0, 0.1) is 17.2 Å². The van der Waals surface area contributed by atoms with Crippen LogP contribution in [-0.2, 0) is 10.1 Å². The van der Waals surface area contributed by atoms with Gasteiger partial charge in [0.25, 0.3) is 0 Å². The maximum absolute atomic E-state index is 12.0. The first-order chi connectivity index (χ1) is 9.11. The van der Waals surface area contributed by atoms with Gasteiger partial charge >= 0.3 is 10.1 Å². The molecule has 0 radical (unpaired) electrons. The monoisotopic (exact) mass is 279 g/mol. The quantitative estimate of drug-likeness (QED) is 0.795. The molecule has 0 amide bonds. The first kappa shape index (κ1) is 13.9. The predicted molar refractivity (Wildman–Crippen MR) is 72.1 cm³/mol. The van der Waals surface area contributed by atoms with Gasteiger partial charge < -0.3 is 4.18 Å². The lowest BCUT2D eigenvalue weighted by molar-refractivity contribution is 0.375. The summed E-state index contributed by atoms with van der Waals surface area (Å²) < 4.78 is 29.1. The molecule has 1 aliphatic carbocycles. The van der Waals surface area contributed by atoms with Gasteiger partial charge in [-0.05, 0) is 30.9 Å². The van der Waals surface area contributed by atoms with E-state index in [-0.39, 0.29) is 23.0 Å². The lowest BCUT2D eigenvalue weighted by Crippen LogP contribution is -2.22. The first-order valence-corrected chi connectivity index (χ1v) is 8.10. The van der Waals surface area contributed by atoms with Gasteiger partial charge in [0.15, 0.2) is 5.75 Å². The lowest BCUT2D eigenvalue weighted by atomic mass is 9.91. The summed E-state index contributed by atoms with van der Waals surface area (Å²) in [6, 6.07) is 8.33. The van der Waals surface area contributed by atoms with Crippen molar-refractivity contribution in [3.63, 3.8) is 0 Å². The minimum atomic E-state index is -3.62. The van der Waals surface area contributed by atoms with Gasteiger partial charge in [0.1, 0.15) is 6.07 Å². The van der Waals surface area contributed by atoms with Crippen LogP contribution in [0.4, 0.5) is 0 Å². The van der Waals surface area contributed by atoms with E-state index >= 15 is 0 Å². The van der Waals surface area contributed by atoms with Crippen molar-refractivity contribution in [1.82, 2.24) is 0 Å². The fourth-order valence-corrected chi connectivity index (χ4v) is 3.84. The van der Waals surface area contributed by atoms with Gasteiger partial charge in [0, 0.05) is 0 Å². The molecule has 0 heterocycles. The van der Waals surface area contributed by atoms with Crippen molar-refractivity contribution in [2.75, 3.05) is 5.75 Å². The number of hydrogen-bond donors (Lipinski definition) is 0. The van der Waals surface area contributed by atoms with Crippen LogP contribution in [0.1, 0.15) is 37.7 Å². The fraction of sp³-hybridized carbons (Fsp3) is 0.500. The fourth-order valence-electron chi connectivity index (χ4n) is 2.44. The average Bonchev–Trinajstić information content (AvgIpc) is 2.39. The molecule has 0 atom stereocenters. The Bertz CT molecular complexity index is 569. The van der Waals surface area contributed by atoms with E-state index < -0.39 is 10.1 Å². The van der Waals surface area contributed by atoms with E-state index in [4.69, 9.17) is 9.44 Å². The molecule has 1 aromatic rings. The van der Waals surface area contributed by atoms with Crippen molar-refractivity contribution >= 4 is 10.1 Å². The Balaban J connectivity index is 2.06. The van der Waals surface area contributed by atoms with Crippen LogP contribution < -0.4 is 4.18 Å². The molecule has 1 saturated carbocycles. The first-order valence-electron chi connectivity index (χ1n) is 6.52. The lowest BCUT2D eigenvalue weighted by Gasteiger charge is -2.21. The van der Waals surface area contributed by atoms with Crippen LogP contribution in [0.15, 0.2) is 24.3 Å². The van der Waals surface area contributed by atoms with Gasteiger partial charge in [-0.2, -0.15) is 13.7 Å². The van der Waals surface area contributed by atoms with Crippen LogP contribution in [0.2, 0.25) is 0 Å². The molecule has 0 N–H and O–H groups in total. The predicted octanol–water partition coefficient (Wildman–Crippen LogP) is 2.85. The molecule has 102 valence electrons. The van der Waals surface area contributed by atoms with Crippen molar-refractivity contribution in [2.45, 2.75) is 32.1 Å². The van der Waals surface area contributed by atoms with Crippen molar-refractivity contribution in [2.24, 2.45) is 5.92 Å². The minimum Gasteiger partial charge on any atom is -0.381 e. The van der Waals surface area contributed by atoms with E-state index in [1.165, 1.54) is 12.5 Å². The summed E-state index contributed by atoms with van der Waals surface area (Å²) in [5.41, 5.74) is 0.245. The SMILES string of the molecule is N#Cc1ccccc1OS(=O)(=O)CC1CCCCC1. The van der Waals surface area contributed by atoms with Crippen molar-refractivity contribution in [3.05, 3.63) is 29.8 Å². The van der Waals surface area contributed by atoms with Gasteiger partial charge in [0.2, 0.25) is 0 Å². The second-order valence-electron chi connectivity index (χ2n) is 4.92. The van der Waals surface area contributed by atoms with Crippen LogP contribution in [0.25, 0.3) is 0 Å². The van der Waals surface area contributed by atoms with E-state index in [0.717, 1.165) is 25.7 Å². The summed E-state index contributed by atoms with van der Waals surface area (Å²) in [4.78, 5) is 0. The normalized spacial score (nSPS) is 16.8. The van der Waals surface area contributed by atoms with Gasteiger partial charge in [-0.25, -0.2) is 0 Å². The largest absolute Gasteiger partial charge is 0.381 e. The molecular formula is C14H17NO3S. The summed E-state index contributed by atoms with van der Waals surface area (Å²) in [5, 5.41) is 8.91.